The lowest BCUT2D eigenvalue weighted by atomic mass is 10.1. The summed E-state index contributed by atoms with van der Waals surface area (Å²) in [5, 5.41) is 3.05. The molecule has 0 aliphatic heterocycles. The summed E-state index contributed by atoms with van der Waals surface area (Å²) in [7, 11) is 2.19. The third-order valence-corrected chi connectivity index (χ3v) is 5.06. The Labute approximate surface area is 128 Å². The number of nitrogens with zero attached hydrogens (tertiary/aromatic N) is 1. The standard InChI is InChI=1S/C15H27N3O2S/c1-11-7-14(9-16-4)8-15(13(11)3)21(19,20)17-12(2)10-18(5)6/h7-8,12,16-17H,9-10H2,1-6H3. The molecule has 1 rings (SSSR count). The van der Waals surface area contributed by atoms with Crippen LogP contribution in [0.15, 0.2) is 17.0 Å². The highest BCUT2D eigenvalue weighted by atomic mass is 32.2. The van der Waals surface area contributed by atoms with Crippen LogP contribution in [0.2, 0.25) is 0 Å². The molecule has 0 radical (unpaired) electrons. The van der Waals surface area contributed by atoms with Crippen LogP contribution in [-0.2, 0) is 16.6 Å². The van der Waals surface area contributed by atoms with Crippen molar-refractivity contribution in [2.75, 3.05) is 27.7 Å². The van der Waals surface area contributed by atoms with Crippen LogP contribution in [0, 0.1) is 13.8 Å². The van der Waals surface area contributed by atoms with Gasteiger partial charge in [0.25, 0.3) is 0 Å². The first-order chi connectivity index (χ1) is 9.67. The van der Waals surface area contributed by atoms with Crippen LogP contribution in [0.3, 0.4) is 0 Å². The number of hydrogen-bond acceptors (Lipinski definition) is 4. The van der Waals surface area contributed by atoms with Crippen LogP contribution in [0.5, 0.6) is 0 Å². The van der Waals surface area contributed by atoms with Crippen molar-refractivity contribution in [3.8, 4) is 0 Å². The molecule has 0 fully saturated rings. The molecule has 1 atom stereocenters. The first kappa shape index (κ1) is 18.1. The predicted molar refractivity (Wildman–Crippen MR) is 87.0 cm³/mol. The Bertz CT molecular complexity index is 583. The summed E-state index contributed by atoms with van der Waals surface area (Å²) in [6, 6.07) is 3.63. The van der Waals surface area contributed by atoms with E-state index in [1.165, 1.54) is 0 Å². The van der Waals surface area contributed by atoms with Gasteiger partial charge in [-0.15, -0.1) is 0 Å². The maximum Gasteiger partial charge on any atom is 0.241 e. The summed E-state index contributed by atoms with van der Waals surface area (Å²) in [5.74, 6) is 0. The van der Waals surface area contributed by atoms with E-state index < -0.39 is 10.0 Å². The number of benzene rings is 1. The predicted octanol–water partition coefficient (Wildman–Crippen LogP) is 1.25. The third kappa shape index (κ3) is 5.07. The molecular weight excluding hydrogens is 286 g/mol. The third-order valence-electron chi connectivity index (χ3n) is 3.35. The van der Waals surface area contributed by atoms with Crippen molar-refractivity contribution in [1.29, 1.82) is 0 Å². The first-order valence-electron chi connectivity index (χ1n) is 7.09. The van der Waals surface area contributed by atoms with Crippen LogP contribution in [0.1, 0.15) is 23.6 Å². The van der Waals surface area contributed by atoms with E-state index in [-0.39, 0.29) is 6.04 Å². The van der Waals surface area contributed by atoms with Crippen LogP contribution in [-0.4, -0.2) is 47.0 Å². The van der Waals surface area contributed by atoms with Gasteiger partial charge in [0.2, 0.25) is 10.0 Å². The highest BCUT2D eigenvalue weighted by molar-refractivity contribution is 7.89. The molecule has 1 unspecified atom stereocenters. The zero-order chi connectivity index (χ0) is 16.2. The van der Waals surface area contributed by atoms with Crippen LogP contribution in [0.4, 0.5) is 0 Å². The summed E-state index contributed by atoms with van der Waals surface area (Å²) in [5.41, 5.74) is 2.77. The molecule has 0 bridgehead atoms. The lowest BCUT2D eigenvalue weighted by Gasteiger charge is -2.20. The van der Waals surface area contributed by atoms with Crippen molar-refractivity contribution >= 4 is 10.0 Å². The Morgan fingerprint density at radius 1 is 1.24 bits per heavy atom. The second kappa shape index (κ2) is 7.35. The van der Waals surface area contributed by atoms with E-state index in [4.69, 9.17) is 0 Å². The van der Waals surface area contributed by atoms with Gasteiger partial charge in [-0.05, 0) is 64.7 Å². The fourth-order valence-corrected chi connectivity index (χ4v) is 4.00. The van der Waals surface area contributed by atoms with Crippen molar-refractivity contribution < 1.29 is 8.42 Å². The minimum atomic E-state index is -3.50. The smallest absolute Gasteiger partial charge is 0.241 e. The molecule has 0 saturated carbocycles. The molecule has 21 heavy (non-hydrogen) atoms. The zero-order valence-corrected chi connectivity index (χ0v) is 14.6. The van der Waals surface area contributed by atoms with E-state index in [2.05, 4.69) is 10.0 Å². The molecule has 1 aromatic rings. The monoisotopic (exact) mass is 313 g/mol. The summed E-state index contributed by atoms with van der Waals surface area (Å²) >= 11 is 0. The molecule has 0 saturated heterocycles. The molecule has 1 aromatic carbocycles. The molecule has 6 heteroatoms. The van der Waals surface area contributed by atoms with Gasteiger partial charge in [0.05, 0.1) is 4.90 Å². The van der Waals surface area contributed by atoms with Gasteiger partial charge in [-0.3, -0.25) is 0 Å². The Kier molecular flexibility index (Phi) is 6.34. The van der Waals surface area contributed by atoms with Gasteiger partial charge in [0, 0.05) is 19.1 Å². The molecule has 0 aliphatic rings. The maximum absolute atomic E-state index is 12.6. The van der Waals surface area contributed by atoms with Crippen LogP contribution < -0.4 is 10.0 Å². The second-order valence-corrected chi connectivity index (χ2v) is 7.53. The topological polar surface area (TPSA) is 61.4 Å². The summed E-state index contributed by atoms with van der Waals surface area (Å²) in [4.78, 5) is 2.33. The van der Waals surface area contributed by atoms with Gasteiger partial charge in [0.15, 0.2) is 0 Å². The normalized spacial score (nSPS) is 13.7. The largest absolute Gasteiger partial charge is 0.316 e. The first-order valence-corrected chi connectivity index (χ1v) is 8.57. The summed E-state index contributed by atoms with van der Waals surface area (Å²) in [6.45, 7) is 6.97. The fourth-order valence-electron chi connectivity index (χ4n) is 2.40. The van der Waals surface area contributed by atoms with E-state index in [9.17, 15) is 8.42 Å². The van der Waals surface area contributed by atoms with Crippen molar-refractivity contribution in [2.45, 2.75) is 38.3 Å². The maximum atomic E-state index is 12.6. The molecule has 5 nitrogen and oxygen atoms in total. The Hall–Kier alpha value is -0.950. The second-order valence-electron chi connectivity index (χ2n) is 5.85. The Balaban J connectivity index is 3.12. The Morgan fingerprint density at radius 2 is 1.86 bits per heavy atom. The molecule has 0 aliphatic carbocycles. The van der Waals surface area contributed by atoms with E-state index in [1.807, 2.05) is 52.9 Å². The molecule has 0 spiro atoms. The number of aryl methyl sites for hydroxylation is 1. The van der Waals surface area contributed by atoms with Gasteiger partial charge in [-0.1, -0.05) is 6.07 Å². The summed E-state index contributed by atoms with van der Waals surface area (Å²) < 4.78 is 28.0. The minimum absolute atomic E-state index is 0.141. The van der Waals surface area contributed by atoms with Crippen molar-refractivity contribution in [1.82, 2.24) is 14.9 Å². The lowest BCUT2D eigenvalue weighted by Crippen LogP contribution is -2.39. The van der Waals surface area contributed by atoms with Gasteiger partial charge in [-0.2, -0.15) is 0 Å². The number of rotatable bonds is 7. The van der Waals surface area contributed by atoms with Gasteiger partial charge in [0.1, 0.15) is 0 Å². The molecule has 120 valence electrons. The van der Waals surface area contributed by atoms with Crippen LogP contribution >= 0.6 is 0 Å². The van der Waals surface area contributed by atoms with E-state index >= 15 is 0 Å². The van der Waals surface area contributed by atoms with E-state index in [1.54, 1.807) is 6.07 Å². The quantitative estimate of drug-likeness (QED) is 0.795. The average Bonchev–Trinajstić information content (AvgIpc) is 2.31. The average molecular weight is 313 g/mol. The highest BCUT2D eigenvalue weighted by Crippen LogP contribution is 2.21. The van der Waals surface area contributed by atoms with Crippen molar-refractivity contribution in [3.05, 3.63) is 28.8 Å². The fraction of sp³-hybridized carbons (Fsp3) is 0.600. The van der Waals surface area contributed by atoms with Crippen molar-refractivity contribution in [3.63, 3.8) is 0 Å². The van der Waals surface area contributed by atoms with Gasteiger partial charge >= 0.3 is 0 Å². The van der Waals surface area contributed by atoms with Crippen molar-refractivity contribution in [2.24, 2.45) is 0 Å². The lowest BCUT2D eigenvalue weighted by molar-refractivity contribution is 0.370. The van der Waals surface area contributed by atoms with E-state index in [0.29, 0.717) is 18.0 Å². The molecule has 0 aromatic heterocycles. The highest BCUT2D eigenvalue weighted by Gasteiger charge is 2.21. The number of likely N-dealkylation sites (N-methyl/N-ethyl adjacent to an activating group) is 1. The minimum Gasteiger partial charge on any atom is -0.316 e. The SMILES string of the molecule is CNCc1cc(C)c(C)c(S(=O)(=O)NC(C)CN(C)C)c1. The zero-order valence-electron chi connectivity index (χ0n) is 13.8. The molecule has 0 heterocycles. The number of nitrogens with one attached hydrogen (secondary N) is 2. The molecule has 0 amide bonds. The van der Waals surface area contributed by atoms with E-state index in [0.717, 1.165) is 16.7 Å². The van der Waals surface area contributed by atoms with Gasteiger partial charge < -0.3 is 10.2 Å². The molecule has 2 N–H and O–H groups in total. The Morgan fingerprint density at radius 3 is 2.38 bits per heavy atom. The number of hydrogen-bond donors (Lipinski definition) is 2. The van der Waals surface area contributed by atoms with Gasteiger partial charge in [-0.25, -0.2) is 13.1 Å². The number of sulfonamides is 1. The molecular formula is C15H27N3O2S. The van der Waals surface area contributed by atoms with Crippen LogP contribution in [0.25, 0.3) is 0 Å². The summed E-state index contributed by atoms with van der Waals surface area (Å²) in [6.07, 6.45) is 0.